The number of hydrogen-bond acceptors (Lipinski definition) is 6. The van der Waals surface area contributed by atoms with Gasteiger partial charge in [0.1, 0.15) is 13.2 Å². The molecule has 0 rings (SSSR count). The van der Waals surface area contributed by atoms with E-state index in [-0.39, 0.29) is 31.1 Å². The molecular formula is C64H110O6. The van der Waals surface area contributed by atoms with E-state index in [1.807, 2.05) is 0 Å². The fourth-order valence-corrected chi connectivity index (χ4v) is 8.21. The van der Waals surface area contributed by atoms with Gasteiger partial charge in [-0.15, -0.1) is 0 Å². The van der Waals surface area contributed by atoms with Crippen molar-refractivity contribution in [2.45, 2.75) is 290 Å². The summed E-state index contributed by atoms with van der Waals surface area (Å²) in [6.07, 6.45) is 75.7. The van der Waals surface area contributed by atoms with E-state index in [0.717, 1.165) is 109 Å². The molecule has 402 valence electrons. The van der Waals surface area contributed by atoms with Gasteiger partial charge in [0.15, 0.2) is 6.10 Å². The molecule has 0 unspecified atom stereocenters. The predicted molar refractivity (Wildman–Crippen MR) is 302 cm³/mol. The van der Waals surface area contributed by atoms with Crippen molar-refractivity contribution < 1.29 is 28.6 Å². The molecule has 0 aromatic carbocycles. The van der Waals surface area contributed by atoms with Gasteiger partial charge >= 0.3 is 17.9 Å². The van der Waals surface area contributed by atoms with E-state index >= 15 is 0 Å². The van der Waals surface area contributed by atoms with Gasteiger partial charge in [0.2, 0.25) is 0 Å². The summed E-state index contributed by atoms with van der Waals surface area (Å²) in [7, 11) is 0. The van der Waals surface area contributed by atoms with Crippen molar-refractivity contribution in [3.05, 3.63) is 85.1 Å². The van der Waals surface area contributed by atoms with Crippen molar-refractivity contribution in [1.29, 1.82) is 0 Å². The van der Waals surface area contributed by atoms with Crippen molar-refractivity contribution in [2.75, 3.05) is 13.2 Å². The standard InChI is InChI=1S/C64H110O6/c1-4-7-10-13-16-19-22-25-28-31-32-34-36-39-42-45-48-51-54-57-63(66)69-60-61(59-68-62(65)56-53-50-47-44-41-38-35-30-27-24-21-18-15-12-9-6-3)70-64(67)58-55-52-49-46-43-40-37-33-29-26-23-20-17-14-11-8-5-2/h7,10,16-17,19-20,25-26,28-29,32,34,39,42,61H,4-6,8-9,11-15,18,21-24,27,30-31,33,35-38,40-41,43-60H2,1-3H3/b10-7-,19-16-,20-17-,28-25-,29-26-,34-32-,42-39-/t61-/m1/s1. The molecule has 0 aliphatic carbocycles. The summed E-state index contributed by atoms with van der Waals surface area (Å²) < 4.78 is 16.9. The summed E-state index contributed by atoms with van der Waals surface area (Å²) >= 11 is 0. The Morgan fingerprint density at radius 1 is 0.300 bits per heavy atom. The largest absolute Gasteiger partial charge is 0.462 e. The molecule has 0 N–H and O–H groups in total. The van der Waals surface area contributed by atoms with Crippen LogP contribution in [-0.2, 0) is 28.6 Å². The molecule has 0 fully saturated rings. The maximum Gasteiger partial charge on any atom is 0.306 e. The van der Waals surface area contributed by atoms with Crippen molar-refractivity contribution in [3.63, 3.8) is 0 Å². The number of unbranched alkanes of at least 4 members (excludes halogenated alkanes) is 28. The van der Waals surface area contributed by atoms with Crippen LogP contribution in [0.25, 0.3) is 0 Å². The Hall–Kier alpha value is -3.41. The number of hydrogen-bond donors (Lipinski definition) is 0. The number of rotatable bonds is 53. The van der Waals surface area contributed by atoms with E-state index in [2.05, 4.69) is 106 Å². The average molecular weight is 976 g/mol. The molecular weight excluding hydrogens is 865 g/mol. The van der Waals surface area contributed by atoms with Crippen molar-refractivity contribution in [2.24, 2.45) is 0 Å². The maximum atomic E-state index is 12.9. The fraction of sp³-hybridized carbons (Fsp3) is 0.734. The Morgan fingerprint density at radius 3 is 0.914 bits per heavy atom. The molecule has 0 amide bonds. The summed E-state index contributed by atoms with van der Waals surface area (Å²) in [5, 5.41) is 0. The quantitative estimate of drug-likeness (QED) is 0.0261. The molecule has 1 atom stereocenters. The SMILES string of the molecule is CC/C=C\C/C=C\C/C=C\C/C=C\C/C=C\CCCCCC(=O)OC[C@@H](COC(=O)CCCCCCCCCCCCCCCCCC)OC(=O)CCCCCCCCC/C=C\C/C=C\CCCCC. The van der Waals surface area contributed by atoms with Gasteiger partial charge in [-0.05, 0) is 96.3 Å². The van der Waals surface area contributed by atoms with Gasteiger partial charge in [0.05, 0.1) is 0 Å². The second kappa shape index (κ2) is 58.2. The molecule has 0 aliphatic heterocycles. The number of allylic oxidation sites excluding steroid dienone is 14. The average Bonchev–Trinajstić information content (AvgIpc) is 3.36. The Morgan fingerprint density at radius 2 is 0.557 bits per heavy atom. The van der Waals surface area contributed by atoms with E-state index in [0.29, 0.717) is 19.3 Å². The first-order valence-electron chi connectivity index (χ1n) is 29.6. The monoisotopic (exact) mass is 975 g/mol. The molecule has 0 radical (unpaired) electrons. The van der Waals surface area contributed by atoms with E-state index in [4.69, 9.17) is 14.2 Å². The van der Waals surface area contributed by atoms with E-state index in [9.17, 15) is 14.4 Å². The first kappa shape index (κ1) is 66.6. The van der Waals surface area contributed by atoms with Gasteiger partial charge in [-0.1, -0.05) is 254 Å². The molecule has 6 nitrogen and oxygen atoms in total. The molecule has 0 bridgehead atoms. The molecule has 0 aliphatic rings. The number of carbonyl (C=O) groups excluding carboxylic acids is 3. The normalized spacial score (nSPS) is 12.7. The maximum absolute atomic E-state index is 12.9. The topological polar surface area (TPSA) is 78.9 Å². The number of esters is 3. The van der Waals surface area contributed by atoms with Crippen LogP contribution >= 0.6 is 0 Å². The predicted octanol–water partition coefficient (Wildman–Crippen LogP) is 19.9. The smallest absolute Gasteiger partial charge is 0.306 e. The Labute approximate surface area is 433 Å². The minimum absolute atomic E-state index is 0.0884. The molecule has 0 aromatic heterocycles. The van der Waals surface area contributed by atoms with Crippen LogP contribution in [0.3, 0.4) is 0 Å². The molecule has 0 heterocycles. The fourth-order valence-electron chi connectivity index (χ4n) is 8.21. The Bertz CT molecular complexity index is 1350. The lowest BCUT2D eigenvalue weighted by Gasteiger charge is -2.18. The summed E-state index contributed by atoms with van der Waals surface area (Å²) in [6.45, 7) is 6.49. The minimum Gasteiger partial charge on any atom is -0.462 e. The first-order chi connectivity index (χ1) is 34.5. The lowest BCUT2D eigenvalue weighted by molar-refractivity contribution is -0.167. The van der Waals surface area contributed by atoms with E-state index in [1.165, 1.54) is 135 Å². The van der Waals surface area contributed by atoms with E-state index < -0.39 is 6.10 Å². The third kappa shape index (κ3) is 55.5. The molecule has 0 spiro atoms. The Balaban J connectivity index is 4.45. The van der Waals surface area contributed by atoms with Crippen LogP contribution in [-0.4, -0.2) is 37.2 Å². The van der Waals surface area contributed by atoms with Gasteiger partial charge < -0.3 is 14.2 Å². The summed E-state index contributed by atoms with van der Waals surface area (Å²) in [5.74, 6) is -0.920. The summed E-state index contributed by atoms with van der Waals surface area (Å²) in [4.78, 5) is 38.2. The highest BCUT2D eigenvalue weighted by Gasteiger charge is 2.19. The lowest BCUT2D eigenvalue weighted by Crippen LogP contribution is -2.30. The van der Waals surface area contributed by atoms with Gasteiger partial charge in [0, 0.05) is 19.3 Å². The van der Waals surface area contributed by atoms with Gasteiger partial charge in [-0.2, -0.15) is 0 Å². The van der Waals surface area contributed by atoms with Crippen molar-refractivity contribution >= 4 is 17.9 Å². The minimum atomic E-state index is -0.794. The highest BCUT2D eigenvalue weighted by molar-refractivity contribution is 5.71. The highest BCUT2D eigenvalue weighted by atomic mass is 16.6. The van der Waals surface area contributed by atoms with Gasteiger partial charge in [-0.25, -0.2) is 0 Å². The van der Waals surface area contributed by atoms with Crippen LogP contribution in [0.2, 0.25) is 0 Å². The summed E-state index contributed by atoms with van der Waals surface area (Å²) in [6, 6.07) is 0. The second-order valence-electron chi connectivity index (χ2n) is 19.5. The number of ether oxygens (including phenoxy) is 3. The highest BCUT2D eigenvalue weighted by Crippen LogP contribution is 2.16. The van der Waals surface area contributed by atoms with Crippen LogP contribution < -0.4 is 0 Å². The van der Waals surface area contributed by atoms with Gasteiger partial charge in [-0.3, -0.25) is 14.4 Å². The van der Waals surface area contributed by atoms with Crippen molar-refractivity contribution in [3.8, 4) is 0 Å². The molecule has 6 heteroatoms. The third-order valence-electron chi connectivity index (χ3n) is 12.6. The molecule has 70 heavy (non-hydrogen) atoms. The summed E-state index contributed by atoms with van der Waals surface area (Å²) in [5.41, 5.74) is 0. The van der Waals surface area contributed by atoms with Gasteiger partial charge in [0.25, 0.3) is 0 Å². The Kier molecular flexibility index (Phi) is 55.3. The van der Waals surface area contributed by atoms with Crippen molar-refractivity contribution in [1.82, 2.24) is 0 Å². The number of carbonyl (C=O) groups is 3. The molecule has 0 saturated carbocycles. The first-order valence-corrected chi connectivity index (χ1v) is 29.6. The van der Waals surface area contributed by atoms with Crippen LogP contribution in [0.15, 0.2) is 85.1 Å². The zero-order valence-corrected chi connectivity index (χ0v) is 46.0. The lowest BCUT2D eigenvalue weighted by atomic mass is 10.0. The zero-order chi connectivity index (χ0) is 50.7. The second-order valence-corrected chi connectivity index (χ2v) is 19.5. The van der Waals surface area contributed by atoms with Crippen LogP contribution in [0.4, 0.5) is 0 Å². The third-order valence-corrected chi connectivity index (χ3v) is 12.6. The van der Waals surface area contributed by atoms with Crippen LogP contribution in [0.1, 0.15) is 284 Å². The van der Waals surface area contributed by atoms with E-state index in [1.54, 1.807) is 0 Å². The molecule has 0 aromatic rings. The van der Waals surface area contributed by atoms with Crippen LogP contribution in [0.5, 0.6) is 0 Å². The zero-order valence-electron chi connectivity index (χ0n) is 46.0. The van der Waals surface area contributed by atoms with Crippen LogP contribution in [0, 0.1) is 0 Å². The molecule has 0 saturated heterocycles.